The Morgan fingerprint density at radius 1 is 1.40 bits per heavy atom. The molecule has 0 aliphatic carbocycles. The zero-order valence-electron chi connectivity index (χ0n) is 11.7. The van der Waals surface area contributed by atoms with Gasteiger partial charge in [0, 0.05) is 30.9 Å². The van der Waals surface area contributed by atoms with Crippen LogP contribution in [0.2, 0.25) is 0 Å². The largest absolute Gasteiger partial charge is 0.343 e. The van der Waals surface area contributed by atoms with Gasteiger partial charge in [0.05, 0.1) is 11.7 Å². The highest BCUT2D eigenvalue weighted by atomic mass is 32.1. The summed E-state index contributed by atoms with van der Waals surface area (Å²) in [7, 11) is 0. The van der Waals surface area contributed by atoms with Crippen LogP contribution >= 0.6 is 11.3 Å². The average Bonchev–Trinajstić information content (AvgIpc) is 2.63. The number of hydrogen-bond donors (Lipinski definition) is 0. The minimum atomic E-state index is -0.0340. The van der Waals surface area contributed by atoms with Crippen LogP contribution < -0.4 is 5.56 Å². The van der Waals surface area contributed by atoms with Crippen molar-refractivity contribution in [2.75, 3.05) is 13.1 Å². The van der Waals surface area contributed by atoms with E-state index in [4.69, 9.17) is 0 Å². The van der Waals surface area contributed by atoms with E-state index in [1.807, 2.05) is 18.7 Å². The van der Waals surface area contributed by atoms with Crippen molar-refractivity contribution in [3.05, 3.63) is 27.1 Å². The lowest BCUT2D eigenvalue weighted by Crippen LogP contribution is -2.42. The smallest absolute Gasteiger partial charge is 0.262 e. The number of carbonyl (C=O) groups is 1. The molecule has 106 valence electrons. The standard InChI is InChI=1S/C14H17N3O2S/c1-9-10(2)20-13-12(9)14(19)17(8-15-13)7-4-11(18)16-5-3-6-16/h8H,3-7H2,1-2H3. The van der Waals surface area contributed by atoms with E-state index < -0.39 is 0 Å². The molecule has 2 aromatic rings. The van der Waals surface area contributed by atoms with E-state index in [1.54, 1.807) is 22.2 Å². The molecule has 3 heterocycles. The lowest BCUT2D eigenvalue weighted by Gasteiger charge is -2.30. The Kier molecular flexibility index (Phi) is 3.33. The van der Waals surface area contributed by atoms with Crippen LogP contribution in [0, 0.1) is 13.8 Å². The minimum absolute atomic E-state index is 0.0340. The highest BCUT2D eigenvalue weighted by Crippen LogP contribution is 2.25. The zero-order valence-corrected chi connectivity index (χ0v) is 12.5. The van der Waals surface area contributed by atoms with Crippen LogP contribution in [0.25, 0.3) is 10.2 Å². The predicted octanol–water partition coefficient (Wildman–Crippen LogP) is 1.70. The van der Waals surface area contributed by atoms with Gasteiger partial charge in [-0.15, -0.1) is 11.3 Å². The van der Waals surface area contributed by atoms with Crippen molar-refractivity contribution in [1.29, 1.82) is 0 Å². The summed E-state index contributed by atoms with van der Waals surface area (Å²) in [5, 5.41) is 0.700. The van der Waals surface area contributed by atoms with E-state index in [2.05, 4.69) is 4.98 Å². The third kappa shape index (κ3) is 2.14. The van der Waals surface area contributed by atoms with Gasteiger partial charge in [0.1, 0.15) is 4.83 Å². The van der Waals surface area contributed by atoms with Crippen molar-refractivity contribution in [3.63, 3.8) is 0 Å². The van der Waals surface area contributed by atoms with Crippen molar-refractivity contribution in [2.45, 2.75) is 33.2 Å². The molecular weight excluding hydrogens is 274 g/mol. The topological polar surface area (TPSA) is 55.2 Å². The molecule has 2 aromatic heterocycles. The van der Waals surface area contributed by atoms with Gasteiger partial charge in [-0.1, -0.05) is 0 Å². The summed E-state index contributed by atoms with van der Waals surface area (Å²) in [4.78, 5) is 32.3. The molecule has 1 amide bonds. The number of fused-ring (bicyclic) bond motifs is 1. The third-order valence-electron chi connectivity index (χ3n) is 3.93. The Labute approximate surface area is 120 Å². The molecule has 1 aliphatic heterocycles. The molecular formula is C14H17N3O2S. The molecule has 1 aliphatic rings. The van der Waals surface area contributed by atoms with Crippen molar-refractivity contribution < 1.29 is 4.79 Å². The molecule has 0 atom stereocenters. The first-order chi connectivity index (χ1) is 9.58. The van der Waals surface area contributed by atoms with E-state index in [-0.39, 0.29) is 11.5 Å². The molecule has 5 nitrogen and oxygen atoms in total. The van der Waals surface area contributed by atoms with Crippen LogP contribution in [0.15, 0.2) is 11.1 Å². The summed E-state index contributed by atoms with van der Waals surface area (Å²) < 4.78 is 1.55. The molecule has 0 spiro atoms. The monoisotopic (exact) mass is 291 g/mol. The number of likely N-dealkylation sites (tertiary alicyclic amines) is 1. The maximum absolute atomic E-state index is 12.4. The Balaban J connectivity index is 1.84. The van der Waals surface area contributed by atoms with Gasteiger partial charge in [-0.25, -0.2) is 4.98 Å². The van der Waals surface area contributed by atoms with Crippen molar-refractivity contribution in [2.24, 2.45) is 0 Å². The van der Waals surface area contributed by atoms with Gasteiger partial charge in [0.15, 0.2) is 0 Å². The number of rotatable bonds is 3. The molecule has 1 saturated heterocycles. The summed E-state index contributed by atoms with van der Waals surface area (Å²) in [6.07, 6.45) is 3.02. The van der Waals surface area contributed by atoms with Gasteiger partial charge in [-0.3, -0.25) is 14.2 Å². The highest BCUT2D eigenvalue weighted by Gasteiger charge is 2.20. The molecule has 0 N–H and O–H groups in total. The average molecular weight is 291 g/mol. The fourth-order valence-electron chi connectivity index (χ4n) is 2.37. The van der Waals surface area contributed by atoms with E-state index in [0.717, 1.165) is 34.8 Å². The van der Waals surface area contributed by atoms with Crippen LogP contribution in [-0.4, -0.2) is 33.4 Å². The fraction of sp³-hybridized carbons (Fsp3) is 0.500. The molecule has 6 heteroatoms. The van der Waals surface area contributed by atoms with Crippen LogP contribution in [0.5, 0.6) is 0 Å². The molecule has 0 aromatic carbocycles. The second-order valence-electron chi connectivity index (χ2n) is 5.19. The van der Waals surface area contributed by atoms with E-state index in [1.165, 1.54) is 0 Å². The van der Waals surface area contributed by atoms with E-state index in [0.29, 0.717) is 18.4 Å². The maximum atomic E-state index is 12.4. The van der Waals surface area contributed by atoms with Gasteiger partial charge < -0.3 is 4.90 Å². The molecule has 0 radical (unpaired) electrons. The highest BCUT2D eigenvalue weighted by molar-refractivity contribution is 7.18. The SMILES string of the molecule is Cc1sc2ncn(CCC(=O)N3CCC3)c(=O)c2c1C. The van der Waals surface area contributed by atoms with Crippen LogP contribution in [-0.2, 0) is 11.3 Å². The van der Waals surface area contributed by atoms with Crippen molar-refractivity contribution in [1.82, 2.24) is 14.5 Å². The first-order valence-electron chi connectivity index (χ1n) is 6.81. The summed E-state index contributed by atoms with van der Waals surface area (Å²) in [5.41, 5.74) is 0.971. The molecule has 0 saturated carbocycles. The van der Waals surface area contributed by atoms with Gasteiger partial charge in [0.2, 0.25) is 5.91 Å². The molecule has 3 rings (SSSR count). The fourth-order valence-corrected chi connectivity index (χ4v) is 3.36. The summed E-state index contributed by atoms with van der Waals surface area (Å²) >= 11 is 1.54. The quantitative estimate of drug-likeness (QED) is 0.865. The first-order valence-corrected chi connectivity index (χ1v) is 7.62. The van der Waals surface area contributed by atoms with Gasteiger partial charge >= 0.3 is 0 Å². The Bertz CT molecular complexity index is 728. The van der Waals surface area contributed by atoms with Gasteiger partial charge in [-0.2, -0.15) is 0 Å². The van der Waals surface area contributed by atoms with E-state index in [9.17, 15) is 9.59 Å². The van der Waals surface area contributed by atoms with E-state index >= 15 is 0 Å². The summed E-state index contributed by atoms with van der Waals surface area (Å²) in [5.74, 6) is 0.126. The second kappa shape index (κ2) is 5.01. The van der Waals surface area contributed by atoms with Crippen LogP contribution in [0.4, 0.5) is 0 Å². The normalized spacial score (nSPS) is 14.6. The molecule has 1 fully saturated rings. The molecule has 20 heavy (non-hydrogen) atoms. The number of carbonyl (C=O) groups excluding carboxylic acids is 1. The summed E-state index contributed by atoms with van der Waals surface area (Å²) in [6, 6.07) is 0. The lowest BCUT2D eigenvalue weighted by atomic mass is 10.2. The Hall–Kier alpha value is -1.69. The number of nitrogens with zero attached hydrogens (tertiary/aromatic N) is 3. The van der Waals surface area contributed by atoms with Gasteiger partial charge in [0.25, 0.3) is 5.56 Å². The number of amides is 1. The van der Waals surface area contributed by atoms with Crippen LogP contribution in [0.1, 0.15) is 23.3 Å². The lowest BCUT2D eigenvalue weighted by molar-refractivity contribution is -0.134. The van der Waals surface area contributed by atoms with Crippen molar-refractivity contribution >= 4 is 27.5 Å². The Morgan fingerprint density at radius 3 is 2.80 bits per heavy atom. The predicted molar refractivity (Wildman–Crippen MR) is 79.2 cm³/mol. The maximum Gasteiger partial charge on any atom is 0.262 e. The summed E-state index contributed by atoms with van der Waals surface area (Å²) in [6.45, 7) is 6.07. The Morgan fingerprint density at radius 2 is 2.15 bits per heavy atom. The number of aryl methyl sites for hydroxylation is 3. The molecule has 0 unspecified atom stereocenters. The second-order valence-corrected chi connectivity index (χ2v) is 6.39. The third-order valence-corrected chi connectivity index (χ3v) is 5.05. The number of aromatic nitrogens is 2. The first kappa shape index (κ1) is 13.3. The van der Waals surface area contributed by atoms with Crippen molar-refractivity contribution in [3.8, 4) is 0 Å². The zero-order chi connectivity index (χ0) is 14.3. The number of thiophene rings is 1. The van der Waals surface area contributed by atoms with Gasteiger partial charge in [-0.05, 0) is 25.8 Å². The minimum Gasteiger partial charge on any atom is -0.343 e. The van der Waals surface area contributed by atoms with Crippen LogP contribution in [0.3, 0.4) is 0 Å². The molecule has 0 bridgehead atoms. The number of hydrogen-bond acceptors (Lipinski definition) is 4.